The van der Waals surface area contributed by atoms with Gasteiger partial charge in [-0.05, 0) is 60.8 Å². The van der Waals surface area contributed by atoms with Crippen LogP contribution in [0.5, 0.6) is 17.2 Å². The van der Waals surface area contributed by atoms with Gasteiger partial charge in [0.2, 0.25) is 0 Å². The number of halogens is 2. The highest BCUT2D eigenvalue weighted by Gasteiger charge is 2.13. The highest BCUT2D eigenvalue weighted by Crippen LogP contribution is 2.40. The maximum absolute atomic E-state index is 11.9. The zero-order chi connectivity index (χ0) is 19.4. The quantitative estimate of drug-likeness (QED) is 0.280. The number of amides is 1. The largest absolute Gasteiger partial charge is 0.503 e. The highest BCUT2D eigenvalue weighted by atomic mass is 79.9. The second-order valence-electron chi connectivity index (χ2n) is 5.55. The summed E-state index contributed by atoms with van der Waals surface area (Å²) in [5.74, 6) is -0.454. The number of carbonyl (C=O) groups excluding carboxylic acids is 1. The van der Waals surface area contributed by atoms with Crippen molar-refractivity contribution in [2.45, 2.75) is 0 Å². The Morgan fingerprint density at radius 3 is 2.59 bits per heavy atom. The maximum atomic E-state index is 11.9. The van der Waals surface area contributed by atoms with E-state index in [2.05, 4.69) is 42.4 Å². The maximum Gasteiger partial charge on any atom is 0.277 e. The van der Waals surface area contributed by atoms with Crippen LogP contribution in [0, 0.1) is 0 Å². The summed E-state index contributed by atoms with van der Waals surface area (Å²) in [6, 6.07) is 15.0. The predicted molar refractivity (Wildman–Crippen MR) is 110 cm³/mol. The number of hydrazone groups is 1. The molecule has 0 bridgehead atoms. The highest BCUT2D eigenvalue weighted by molar-refractivity contribution is 9.11. The van der Waals surface area contributed by atoms with Gasteiger partial charge in [0.25, 0.3) is 5.91 Å². The summed E-state index contributed by atoms with van der Waals surface area (Å²) < 4.78 is 6.04. The van der Waals surface area contributed by atoms with Gasteiger partial charge in [-0.25, -0.2) is 5.43 Å². The van der Waals surface area contributed by atoms with Gasteiger partial charge >= 0.3 is 0 Å². The molecule has 0 aromatic heterocycles. The van der Waals surface area contributed by atoms with Gasteiger partial charge in [0.15, 0.2) is 18.1 Å². The van der Waals surface area contributed by atoms with Gasteiger partial charge in [-0.2, -0.15) is 5.10 Å². The fourth-order valence-electron chi connectivity index (χ4n) is 2.33. The minimum absolute atomic E-state index is 0.193. The van der Waals surface area contributed by atoms with Crippen LogP contribution in [0.3, 0.4) is 0 Å². The van der Waals surface area contributed by atoms with Gasteiger partial charge in [0.05, 0.1) is 15.2 Å². The molecule has 0 aliphatic heterocycles. The average molecular weight is 494 g/mol. The molecule has 138 valence electrons. The van der Waals surface area contributed by atoms with E-state index in [1.807, 2.05) is 36.4 Å². The van der Waals surface area contributed by atoms with E-state index < -0.39 is 5.91 Å². The molecular weight excluding hydrogens is 480 g/mol. The normalized spacial score (nSPS) is 11.0. The van der Waals surface area contributed by atoms with Crippen LogP contribution in [0.1, 0.15) is 5.56 Å². The van der Waals surface area contributed by atoms with Crippen molar-refractivity contribution in [2.75, 3.05) is 6.61 Å². The van der Waals surface area contributed by atoms with Crippen molar-refractivity contribution in [1.29, 1.82) is 0 Å². The number of ether oxygens (including phenoxy) is 1. The third kappa shape index (κ3) is 4.58. The Hall–Kier alpha value is -2.58. The van der Waals surface area contributed by atoms with Crippen LogP contribution in [0.2, 0.25) is 0 Å². The number of phenols is 2. The molecule has 0 spiro atoms. The zero-order valence-electron chi connectivity index (χ0n) is 13.8. The van der Waals surface area contributed by atoms with Gasteiger partial charge < -0.3 is 14.9 Å². The zero-order valence-corrected chi connectivity index (χ0v) is 17.0. The van der Waals surface area contributed by atoms with Crippen molar-refractivity contribution in [3.8, 4) is 17.2 Å². The first-order chi connectivity index (χ1) is 13.0. The second kappa shape index (κ2) is 8.41. The summed E-state index contributed by atoms with van der Waals surface area (Å²) in [6.07, 6.45) is 1.34. The Balaban J connectivity index is 1.59. The van der Waals surface area contributed by atoms with E-state index in [-0.39, 0.29) is 22.6 Å². The van der Waals surface area contributed by atoms with Crippen molar-refractivity contribution in [3.63, 3.8) is 0 Å². The number of nitrogens with one attached hydrogen (secondary N) is 1. The van der Waals surface area contributed by atoms with E-state index >= 15 is 0 Å². The molecule has 0 saturated carbocycles. The van der Waals surface area contributed by atoms with E-state index in [9.17, 15) is 15.0 Å². The topological polar surface area (TPSA) is 91.2 Å². The fourth-order valence-corrected chi connectivity index (χ4v) is 3.17. The van der Waals surface area contributed by atoms with Gasteiger partial charge in [-0.15, -0.1) is 0 Å². The summed E-state index contributed by atoms with van der Waals surface area (Å²) in [5.41, 5.74) is 2.81. The van der Waals surface area contributed by atoms with Crippen LogP contribution in [-0.4, -0.2) is 28.9 Å². The molecule has 27 heavy (non-hydrogen) atoms. The van der Waals surface area contributed by atoms with Crippen molar-refractivity contribution in [2.24, 2.45) is 5.10 Å². The molecule has 0 heterocycles. The van der Waals surface area contributed by atoms with E-state index in [0.29, 0.717) is 15.8 Å². The van der Waals surface area contributed by atoms with Crippen LogP contribution >= 0.6 is 31.9 Å². The third-order valence-electron chi connectivity index (χ3n) is 3.68. The smallest absolute Gasteiger partial charge is 0.277 e. The molecule has 3 aromatic rings. The van der Waals surface area contributed by atoms with Crippen LogP contribution in [-0.2, 0) is 4.79 Å². The third-order valence-corrected chi connectivity index (χ3v) is 5.12. The minimum atomic E-state index is -0.433. The van der Waals surface area contributed by atoms with E-state index in [1.54, 1.807) is 12.1 Å². The molecule has 8 heteroatoms. The van der Waals surface area contributed by atoms with Crippen LogP contribution in [0.25, 0.3) is 10.8 Å². The number of phenolic OH excluding ortho intramolecular Hbond substituents is 2. The molecule has 0 saturated heterocycles. The Kier molecular flexibility index (Phi) is 5.98. The number of nitrogens with zero attached hydrogens (tertiary/aromatic N) is 1. The molecule has 3 aromatic carbocycles. The van der Waals surface area contributed by atoms with Gasteiger partial charge in [0, 0.05) is 5.56 Å². The number of benzene rings is 3. The number of fused-ring (bicyclic) bond motifs is 1. The van der Waals surface area contributed by atoms with Crippen LogP contribution < -0.4 is 10.2 Å². The number of rotatable bonds is 5. The Bertz CT molecular complexity index is 1040. The number of hydrogen-bond acceptors (Lipinski definition) is 5. The SMILES string of the molecule is O=C(COc1ccc2ccccc2c1)N/N=C/c1cc(Br)c(O)c(O)c1Br. The first-order valence-electron chi connectivity index (χ1n) is 7.79. The van der Waals surface area contributed by atoms with Crippen molar-refractivity contribution >= 4 is 54.8 Å². The van der Waals surface area contributed by atoms with Crippen molar-refractivity contribution < 1.29 is 19.7 Å². The minimum Gasteiger partial charge on any atom is -0.503 e. The van der Waals surface area contributed by atoms with Crippen LogP contribution in [0.4, 0.5) is 0 Å². The molecule has 0 unspecified atom stereocenters. The van der Waals surface area contributed by atoms with Crippen molar-refractivity contribution in [3.05, 3.63) is 63.0 Å². The predicted octanol–water partition coefficient (Wildman–Crippen LogP) is 4.31. The summed E-state index contributed by atoms with van der Waals surface area (Å²) >= 11 is 6.27. The van der Waals surface area contributed by atoms with Gasteiger partial charge in [-0.1, -0.05) is 30.3 Å². The number of carbonyl (C=O) groups is 1. The number of aromatic hydroxyl groups is 2. The van der Waals surface area contributed by atoms with Crippen molar-refractivity contribution in [1.82, 2.24) is 5.43 Å². The Morgan fingerprint density at radius 1 is 1.07 bits per heavy atom. The molecule has 3 N–H and O–H groups in total. The Labute approximate surface area is 171 Å². The molecule has 3 rings (SSSR count). The number of hydrogen-bond donors (Lipinski definition) is 3. The molecular formula is C19H14Br2N2O4. The average Bonchev–Trinajstić information content (AvgIpc) is 2.68. The summed E-state index contributed by atoms with van der Waals surface area (Å²) in [4.78, 5) is 11.9. The lowest BCUT2D eigenvalue weighted by molar-refractivity contribution is -0.123. The summed E-state index contributed by atoms with van der Waals surface area (Å²) in [7, 11) is 0. The Morgan fingerprint density at radius 2 is 1.81 bits per heavy atom. The summed E-state index contributed by atoms with van der Waals surface area (Å²) in [6.45, 7) is -0.193. The first kappa shape index (κ1) is 19.2. The van der Waals surface area contributed by atoms with Crippen LogP contribution in [0.15, 0.2) is 62.6 Å². The van der Waals surface area contributed by atoms with E-state index in [1.165, 1.54) is 6.21 Å². The molecule has 1 amide bonds. The summed E-state index contributed by atoms with van der Waals surface area (Å²) in [5, 5.41) is 25.3. The van der Waals surface area contributed by atoms with Gasteiger partial charge in [-0.3, -0.25) is 4.79 Å². The molecule has 6 nitrogen and oxygen atoms in total. The molecule has 0 radical (unpaired) electrons. The lowest BCUT2D eigenvalue weighted by Crippen LogP contribution is -2.24. The first-order valence-corrected chi connectivity index (χ1v) is 9.37. The second-order valence-corrected chi connectivity index (χ2v) is 7.20. The lowest BCUT2D eigenvalue weighted by atomic mass is 10.1. The molecule has 0 aliphatic carbocycles. The van der Waals surface area contributed by atoms with Gasteiger partial charge in [0.1, 0.15) is 5.75 Å². The lowest BCUT2D eigenvalue weighted by Gasteiger charge is -2.07. The standard InChI is InChI=1S/C19H14Br2N2O4/c20-15-8-13(17(21)19(26)18(15)25)9-22-23-16(24)10-27-14-6-5-11-3-1-2-4-12(11)7-14/h1-9,25-26H,10H2,(H,23,24)/b22-9+. The molecule has 0 aliphatic rings. The van der Waals surface area contributed by atoms with E-state index in [0.717, 1.165) is 10.8 Å². The fraction of sp³-hybridized carbons (Fsp3) is 0.0526. The molecule has 0 fully saturated rings. The monoisotopic (exact) mass is 492 g/mol. The molecule has 0 atom stereocenters. The van der Waals surface area contributed by atoms with E-state index in [4.69, 9.17) is 4.74 Å².